The van der Waals surface area contributed by atoms with E-state index in [2.05, 4.69) is 130 Å². The Morgan fingerprint density at radius 2 is 0.672 bits per heavy atom. The maximum absolute atomic E-state index is 12.8. The van der Waals surface area contributed by atoms with E-state index in [1.807, 2.05) is 12.2 Å². The second kappa shape index (κ2) is 51.4. The van der Waals surface area contributed by atoms with E-state index >= 15 is 0 Å². The molecule has 0 saturated carbocycles. The molecule has 0 fully saturated rings. The Morgan fingerprint density at radius 1 is 0.328 bits per heavy atom. The number of allylic oxidation sites excluding steroid dienone is 20. The summed E-state index contributed by atoms with van der Waals surface area (Å²) in [6.45, 7) is 6.33. The van der Waals surface area contributed by atoms with Gasteiger partial charge in [-0.2, -0.15) is 0 Å². The fourth-order valence-electron chi connectivity index (χ4n) is 6.35. The van der Waals surface area contributed by atoms with Crippen LogP contribution in [0.1, 0.15) is 207 Å². The first-order chi connectivity index (χ1) is 31.5. The van der Waals surface area contributed by atoms with Gasteiger partial charge in [-0.15, -0.1) is 0 Å². The maximum Gasteiger partial charge on any atom is 0.306 e. The molecule has 0 amide bonds. The summed E-state index contributed by atoms with van der Waals surface area (Å²) in [7, 11) is 0. The Hall–Kier alpha value is -4.19. The zero-order valence-electron chi connectivity index (χ0n) is 41.0. The number of carbonyl (C=O) groups is 3. The van der Waals surface area contributed by atoms with Crippen LogP contribution in [0.2, 0.25) is 0 Å². The lowest BCUT2D eigenvalue weighted by Gasteiger charge is -2.18. The zero-order chi connectivity index (χ0) is 46.5. The molecule has 0 rings (SSSR count). The predicted molar refractivity (Wildman–Crippen MR) is 274 cm³/mol. The number of rotatable bonds is 44. The largest absolute Gasteiger partial charge is 0.462 e. The Kier molecular flexibility index (Phi) is 48.1. The molecule has 0 aromatic rings. The van der Waals surface area contributed by atoms with Crippen molar-refractivity contribution in [2.75, 3.05) is 13.2 Å². The average Bonchev–Trinajstić information content (AvgIpc) is 3.29. The van der Waals surface area contributed by atoms with Crippen molar-refractivity contribution in [3.63, 3.8) is 0 Å². The van der Waals surface area contributed by atoms with Crippen LogP contribution in [0.3, 0.4) is 0 Å². The zero-order valence-corrected chi connectivity index (χ0v) is 41.0. The van der Waals surface area contributed by atoms with Gasteiger partial charge in [-0.25, -0.2) is 0 Å². The molecule has 0 aromatic heterocycles. The van der Waals surface area contributed by atoms with E-state index in [1.165, 1.54) is 57.8 Å². The summed E-state index contributed by atoms with van der Waals surface area (Å²) in [5, 5.41) is 0. The van der Waals surface area contributed by atoms with Crippen LogP contribution >= 0.6 is 0 Å². The van der Waals surface area contributed by atoms with Gasteiger partial charge in [-0.1, -0.05) is 200 Å². The number of carbonyl (C=O) groups excluding carboxylic acids is 3. The molecule has 0 aliphatic carbocycles. The van der Waals surface area contributed by atoms with Crippen molar-refractivity contribution in [3.8, 4) is 0 Å². The number of esters is 3. The molecule has 0 spiro atoms. The van der Waals surface area contributed by atoms with Gasteiger partial charge in [0.25, 0.3) is 0 Å². The highest BCUT2D eigenvalue weighted by Crippen LogP contribution is 2.11. The highest BCUT2D eigenvalue weighted by molar-refractivity contribution is 5.71. The molecule has 1 unspecified atom stereocenters. The number of hydrogen-bond acceptors (Lipinski definition) is 6. The van der Waals surface area contributed by atoms with Crippen LogP contribution < -0.4 is 0 Å². The van der Waals surface area contributed by atoms with Crippen molar-refractivity contribution >= 4 is 17.9 Å². The first kappa shape index (κ1) is 59.8. The molecule has 0 aliphatic heterocycles. The van der Waals surface area contributed by atoms with Gasteiger partial charge in [0.2, 0.25) is 0 Å². The minimum absolute atomic E-state index is 0.131. The van der Waals surface area contributed by atoms with Gasteiger partial charge in [0.1, 0.15) is 13.2 Å². The Bertz CT molecular complexity index is 1390. The Morgan fingerprint density at radius 3 is 1.16 bits per heavy atom. The van der Waals surface area contributed by atoms with Gasteiger partial charge in [0.05, 0.1) is 0 Å². The third kappa shape index (κ3) is 48.8. The summed E-state index contributed by atoms with van der Waals surface area (Å²) in [6.07, 6.45) is 70.6. The molecule has 64 heavy (non-hydrogen) atoms. The van der Waals surface area contributed by atoms with E-state index in [-0.39, 0.29) is 44.0 Å². The average molecular weight is 885 g/mol. The van der Waals surface area contributed by atoms with Crippen LogP contribution in [-0.2, 0) is 28.6 Å². The lowest BCUT2D eigenvalue weighted by molar-refractivity contribution is -0.166. The normalized spacial score (nSPS) is 13.1. The first-order valence-corrected chi connectivity index (χ1v) is 25.5. The highest BCUT2D eigenvalue weighted by Gasteiger charge is 2.19. The predicted octanol–water partition coefficient (Wildman–Crippen LogP) is 16.9. The van der Waals surface area contributed by atoms with E-state index in [0.717, 1.165) is 96.3 Å². The summed E-state index contributed by atoms with van der Waals surface area (Å²) in [5.74, 6) is -1.09. The number of unbranched alkanes of at least 4 members (excludes halogenated alkanes) is 13. The van der Waals surface area contributed by atoms with Crippen molar-refractivity contribution in [2.45, 2.75) is 213 Å². The summed E-state index contributed by atoms with van der Waals surface area (Å²) < 4.78 is 16.6. The van der Waals surface area contributed by atoms with Crippen molar-refractivity contribution in [1.29, 1.82) is 0 Å². The molecular weight excluding hydrogens is 793 g/mol. The van der Waals surface area contributed by atoms with Gasteiger partial charge in [0, 0.05) is 19.3 Å². The summed E-state index contributed by atoms with van der Waals surface area (Å²) in [6, 6.07) is 0. The van der Waals surface area contributed by atoms with Gasteiger partial charge >= 0.3 is 17.9 Å². The van der Waals surface area contributed by atoms with Crippen molar-refractivity contribution in [2.24, 2.45) is 0 Å². The molecular formula is C58H92O6. The van der Waals surface area contributed by atoms with Crippen LogP contribution in [0.15, 0.2) is 122 Å². The Balaban J connectivity index is 4.58. The molecule has 0 saturated heterocycles. The summed E-state index contributed by atoms with van der Waals surface area (Å²) >= 11 is 0. The first-order valence-electron chi connectivity index (χ1n) is 25.5. The molecule has 0 N–H and O–H groups in total. The fourth-order valence-corrected chi connectivity index (χ4v) is 6.35. The number of hydrogen-bond donors (Lipinski definition) is 0. The Labute approximate surface area is 392 Å². The molecule has 0 aromatic carbocycles. The second-order valence-corrected chi connectivity index (χ2v) is 16.3. The molecule has 6 nitrogen and oxygen atoms in total. The van der Waals surface area contributed by atoms with Gasteiger partial charge < -0.3 is 14.2 Å². The minimum atomic E-state index is -0.841. The fraction of sp³-hybridized carbons (Fsp3) is 0.603. The van der Waals surface area contributed by atoms with Crippen LogP contribution in [-0.4, -0.2) is 37.2 Å². The van der Waals surface area contributed by atoms with Crippen LogP contribution in [0, 0.1) is 0 Å². The quantitative estimate of drug-likeness (QED) is 0.0262. The molecule has 1 atom stereocenters. The van der Waals surface area contributed by atoms with E-state index in [4.69, 9.17) is 14.2 Å². The van der Waals surface area contributed by atoms with Crippen molar-refractivity contribution < 1.29 is 28.6 Å². The molecule has 0 radical (unpaired) electrons. The highest BCUT2D eigenvalue weighted by atomic mass is 16.6. The molecule has 360 valence electrons. The van der Waals surface area contributed by atoms with E-state index < -0.39 is 6.10 Å². The van der Waals surface area contributed by atoms with Crippen LogP contribution in [0.5, 0.6) is 0 Å². The van der Waals surface area contributed by atoms with E-state index in [1.54, 1.807) is 0 Å². The third-order valence-corrected chi connectivity index (χ3v) is 10.2. The van der Waals surface area contributed by atoms with E-state index in [0.29, 0.717) is 19.3 Å². The molecule has 0 aliphatic rings. The number of ether oxygens (including phenoxy) is 3. The van der Waals surface area contributed by atoms with Crippen LogP contribution in [0.4, 0.5) is 0 Å². The minimum Gasteiger partial charge on any atom is -0.462 e. The SMILES string of the molecule is CC/C=C\C/C=C\C/C=C\C/C=C\C/C=C\C/C=C\CCC(=O)OCC(COC(=O)CCCCCC/C=C\CCCC)OC(=O)CCC/C=C\C/C=C\C/C=C\CCCCCCCC. The molecule has 0 heterocycles. The van der Waals surface area contributed by atoms with Crippen molar-refractivity contribution in [3.05, 3.63) is 122 Å². The molecule has 0 bridgehead atoms. The molecule has 6 heteroatoms. The standard InChI is InChI=1S/C58H92O6/c1-4-7-10-13-16-19-22-24-26-28-29-31-32-34-36-39-42-45-48-51-57(60)63-54-55(53-62-56(59)50-47-44-41-38-21-18-15-12-9-6-3)64-58(61)52-49-46-43-40-37-35-33-30-27-25-23-20-17-14-11-8-5-2/h7,10,15-16,18-19,24-27,29,31,33-36,40,42-43,45,55H,4-6,8-9,11-14,17,20-23,28,30,32,37-39,41,44,46-54H2,1-3H3/b10-7-,18-15-,19-16-,26-24-,27-25-,31-29-,35-33-,36-34-,43-40-,45-42-. The maximum atomic E-state index is 12.8. The topological polar surface area (TPSA) is 78.9 Å². The third-order valence-electron chi connectivity index (χ3n) is 10.2. The van der Waals surface area contributed by atoms with Gasteiger partial charge in [-0.05, 0) is 109 Å². The monoisotopic (exact) mass is 885 g/mol. The van der Waals surface area contributed by atoms with Crippen molar-refractivity contribution in [1.82, 2.24) is 0 Å². The second-order valence-electron chi connectivity index (χ2n) is 16.3. The van der Waals surface area contributed by atoms with Gasteiger partial charge in [0.15, 0.2) is 6.10 Å². The summed E-state index contributed by atoms with van der Waals surface area (Å²) in [4.78, 5) is 37.9. The lowest BCUT2D eigenvalue weighted by Crippen LogP contribution is -2.30. The van der Waals surface area contributed by atoms with E-state index in [9.17, 15) is 14.4 Å². The van der Waals surface area contributed by atoms with Crippen LogP contribution in [0.25, 0.3) is 0 Å². The van der Waals surface area contributed by atoms with Gasteiger partial charge in [-0.3, -0.25) is 14.4 Å². The lowest BCUT2D eigenvalue weighted by atomic mass is 10.1. The smallest absolute Gasteiger partial charge is 0.306 e. The summed E-state index contributed by atoms with van der Waals surface area (Å²) in [5.41, 5.74) is 0.